The summed E-state index contributed by atoms with van der Waals surface area (Å²) in [6.07, 6.45) is 31.1. The lowest BCUT2D eigenvalue weighted by Gasteiger charge is -2.07. The molecule has 214 valence electrons. The van der Waals surface area contributed by atoms with Crippen molar-refractivity contribution in [2.24, 2.45) is 0 Å². The van der Waals surface area contributed by atoms with E-state index in [0.717, 1.165) is 25.9 Å². The summed E-state index contributed by atoms with van der Waals surface area (Å²) in [5.74, 6) is 1.36. The lowest BCUT2D eigenvalue weighted by molar-refractivity contribution is -0.685. The van der Waals surface area contributed by atoms with Crippen molar-refractivity contribution in [2.75, 3.05) is 0 Å². The third-order valence-corrected chi connectivity index (χ3v) is 8.21. The SMILES string of the molecule is CCCCCCCCCCCCCCCCCCCn1cc[n+](CCCc2ccccc2)c1-c1ccccc1. The molecule has 0 unspecified atom stereocenters. The molecule has 3 rings (SSSR count). The van der Waals surface area contributed by atoms with Gasteiger partial charge in [0.1, 0.15) is 12.4 Å². The molecule has 0 aliphatic rings. The summed E-state index contributed by atoms with van der Waals surface area (Å²) in [6, 6.07) is 21.8. The van der Waals surface area contributed by atoms with Crippen molar-refractivity contribution in [2.45, 2.75) is 142 Å². The number of hydrogen-bond donors (Lipinski definition) is 0. The maximum absolute atomic E-state index is 2.49. The quantitative estimate of drug-likeness (QED) is 0.0853. The summed E-state index contributed by atoms with van der Waals surface area (Å²) in [6.45, 7) is 4.48. The largest absolute Gasteiger partial charge is 0.288 e. The van der Waals surface area contributed by atoms with Crippen molar-refractivity contribution < 1.29 is 4.57 Å². The van der Waals surface area contributed by atoms with E-state index in [1.165, 1.54) is 126 Å². The summed E-state index contributed by atoms with van der Waals surface area (Å²) in [5.41, 5.74) is 2.76. The number of benzene rings is 2. The first-order chi connectivity index (χ1) is 19.4. The lowest BCUT2D eigenvalue weighted by atomic mass is 10.0. The van der Waals surface area contributed by atoms with Crippen LogP contribution in [0.25, 0.3) is 11.4 Å². The third-order valence-electron chi connectivity index (χ3n) is 8.21. The molecule has 3 aromatic rings. The van der Waals surface area contributed by atoms with Crippen molar-refractivity contribution in [3.8, 4) is 11.4 Å². The highest BCUT2D eigenvalue weighted by Gasteiger charge is 2.18. The van der Waals surface area contributed by atoms with Gasteiger partial charge in [0.2, 0.25) is 0 Å². The van der Waals surface area contributed by atoms with E-state index in [4.69, 9.17) is 0 Å². The van der Waals surface area contributed by atoms with Gasteiger partial charge in [0, 0.05) is 0 Å². The Labute approximate surface area is 240 Å². The van der Waals surface area contributed by atoms with Gasteiger partial charge in [-0.3, -0.25) is 0 Å². The number of unbranched alkanes of at least 4 members (excludes halogenated alkanes) is 16. The molecule has 0 atom stereocenters. The van der Waals surface area contributed by atoms with Crippen molar-refractivity contribution in [3.63, 3.8) is 0 Å². The normalized spacial score (nSPS) is 11.3. The van der Waals surface area contributed by atoms with E-state index in [1.54, 1.807) is 0 Å². The van der Waals surface area contributed by atoms with E-state index in [0.29, 0.717) is 0 Å². The second-order valence-electron chi connectivity index (χ2n) is 11.6. The Balaban J connectivity index is 1.26. The molecule has 1 heterocycles. The minimum atomic E-state index is 1.06. The number of rotatable bonds is 23. The molecule has 0 spiro atoms. The molecule has 0 bridgehead atoms. The van der Waals surface area contributed by atoms with Gasteiger partial charge in [0.05, 0.1) is 18.7 Å². The number of aromatic nitrogens is 2. The number of nitrogens with zero attached hydrogens (tertiary/aromatic N) is 2. The van der Waals surface area contributed by atoms with Crippen LogP contribution in [0.15, 0.2) is 73.1 Å². The molecule has 0 aliphatic heterocycles. The zero-order valence-corrected chi connectivity index (χ0v) is 25.2. The molecule has 0 saturated carbocycles. The van der Waals surface area contributed by atoms with Gasteiger partial charge in [0.25, 0.3) is 5.82 Å². The molecule has 0 radical (unpaired) electrons. The molecule has 39 heavy (non-hydrogen) atoms. The Kier molecular flexibility index (Phi) is 16.4. The monoisotopic (exact) mass is 529 g/mol. The van der Waals surface area contributed by atoms with E-state index in [1.807, 2.05) is 0 Å². The fraction of sp³-hybridized carbons (Fsp3) is 0.595. The fourth-order valence-corrected chi connectivity index (χ4v) is 5.85. The molecule has 0 N–H and O–H groups in total. The van der Waals surface area contributed by atoms with Crippen LogP contribution in [-0.4, -0.2) is 4.57 Å². The van der Waals surface area contributed by atoms with Gasteiger partial charge < -0.3 is 0 Å². The van der Waals surface area contributed by atoms with Gasteiger partial charge >= 0.3 is 0 Å². The minimum absolute atomic E-state index is 1.06. The lowest BCUT2D eigenvalue weighted by Crippen LogP contribution is -2.35. The Bertz CT molecular complexity index is 960. The fourth-order valence-electron chi connectivity index (χ4n) is 5.85. The molecular weight excluding hydrogens is 472 g/mol. The second kappa shape index (κ2) is 20.5. The van der Waals surface area contributed by atoms with Gasteiger partial charge in [-0.1, -0.05) is 152 Å². The first-order valence-corrected chi connectivity index (χ1v) is 16.6. The summed E-state index contributed by atoms with van der Waals surface area (Å²) in [4.78, 5) is 0. The standard InChI is InChI=1S/C37H57N2/c1-2-3-4-5-6-7-8-9-10-11-12-13-14-15-16-17-24-31-38-33-34-39(37(38)36-29-22-19-23-30-36)32-25-28-35-26-20-18-21-27-35/h18-23,26-27,29-30,33-34H,2-17,24-25,28,31-32H2,1H3/q+1. The topological polar surface area (TPSA) is 8.81 Å². The Morgan fingerprint density at radius 3 is 1.56 bits per heavy atom. The molecule has 0 aliphatic carbocycles. The van der Waals surface area contributed by atoms with Crippen LogP contribution in [-0.2, 0) is 19.5 Å². The maximum Gasteiger partial charge on any atom is 0.288 e. The van der Waals surface area contributed by atoms with Crippen LogP contribution in [0.4, 0.5) is 0 Å². The van der Waals surface area contributed by atoms with Crippen LogP contribution in [0, 0.1) is 0 Å². The Morgan fingerprint density at radius 2 is 1.03 bits per heavy atom. The van der Waals surface area contributed by atoms with Gasteiger partial charge in [-0.25, -0.2) is 9.13 Å². The summed E-state index contributed by atoms with van der Waals surface area (Å²) in [5, 5.41) is 0. The zero-order chi connectivity index (χ0) is 27.2. The third kappa shape index (κ3) is 13.0. The molecule has 1 aromatic heterocycles. The molecule has 0 amide bonds. The highest BCUT2D eigenvalue weighted by Crippen LogP contribution is 2.18. The molecular formula is C37H57N2+. The van der Waals surface area contributed by atoms with Crippen LogP contribution in [0.1, 0.15) is 128 Å². The Morgan fingerprint density at radius 1 is 0.538 bits per heavy atom. The van der Waals surface area contributed by atoms with Gasteiger partial charge in [-0.2, -0.15) is 0 Å². The summed E-state index contributed by atoms with van der Waals surface area (Å²) >= 11 is 0. The molecule has 0 fully saturated rings. The predicted molar refractivity (Wildman–Crippen MR) is 169 cm³/mol. The number of hydrogen-bond acceptors (Lipinski definition) is 0. The van der Waals surface area contributed by atoms with Crippen LogP contribution in [0.2, 0.25) is 0 Å². The van der Waals surface area contributed by atoms with Crippen molar-refractivity contribution in [1.82, 2.24) is 4.57 Å². The molecule has 2 aromatic carbocycles. The van der Waals surface area contributed by atoms with Crippen molar-refractivity contribution in [1.29, 1.82) is 0 Å². The van der Waals surface area contributed by atoms with Gasteiger partial charge in [-0.15, -0.1) is 0 Å². The van der Waals surface area contributed by atoms with E-state index >= 15 is 0 Å². The average molecular weight is 530 g/mol. The molecule has 0 saturated heterocycles. The predicted octanol–water partition coefficient (Wildman–Crippen LogP) is 10.7. The van der Waals surface area contributed by atoms with E-state index in [9.17, 15) is 0 Å². The van der Waals surface area contributed by atoms with Crippen LogP contribution in [0.5, 0.6) is 0 Å². The van der Waals surface area contributed by atoms with Gasteiger partial charge in [-0.05, 0) is 43.4 Å². The second-order valence-corrected chi connectivity index (χ2v) is 11.6. The highest BCUT2D eigenvalue weighted by molar-refractivity contribution is 5.52. The van der Waals surface area contributed by atoms with Crippen LogP contribution in [0.3, 0.4) is 0 Å². The molecule has 2 nitrogen and oxygen atoms in total. The van der Waals surface area contributed by atoms with Crippen LogP contribution < -0.4 is 4.57 Å². The van der Waals surface area contributed by atoms with Gasteiger partial charge in [0.15, 0.2) is 0 Å². The van der Waals surface area contributed by atoms with Crippen LogP contribution >= 0.6 is 0 Å². The summed E-state index contributed by atoms with van der Waals surface area (Å²) in [7, 11) is 0. The number of imidazole rings is 1. The minimum Gasteiger partial charge on any atom is -0.230 e. The van der Waals surface area contributed by atoms with E-state index in [2.05, 4.69) is 89.1 Å². The highest BCUT2D eigenvalue weighted by atomic mass is 15.1. The maximum atomic E-state index is 2.49. The first kappa shape index (κ1) is 31.2. The van der Waals surface area contributed by atoms with Crippen molar-refractivity contribution >= 4 is 0 Å². The van der Waals surface area contributed by atoms with E-state index < -0.39 is 0 Å². The smallest absolute Gasteiger partial charge is 0.230 e. The number of aryl methyl sites for hydroxylation is 3. The zero-order valence-electron chi connectivity index (χ0n) is 25.2. The average Bonchev–Trinajstić information content (AvgIpc) is 3.38. The van der Waals surface area contributed by atoms with E-state index in [-0.39, 0.29) is 0 Å². The first-order valence-electron chi connectivity index (χ1n) is 16.6. The molecule has 2 heteroatoms. The summed E-state index contributed by atoms with van der Waals surface area (Å²) < 4.78 is 4.95. The Hall–Kier alpha value is -2.35. The van der Waals surface area contributed by atoms with Crippen molar-refractivity contribution in [3.05, 3.63) is 78.6 Å².